The minimum absolute atomic E-state index is 0.0378. The predicted molar refractivity (Wildman–Crippen MR) is 75.5 cm³/mol. The molecule has 8 heteroatoms. The molecule has 3 amide bonds. The van der Waals surface area contributed by atoms with Gasteiger partial charge in [0.1, 0.15) is 6.61 Å². The van der Waals surface area contributed by atoms with Gasteiger partial charge < -0.3 is 14.8 Å². The van der Waals surface area contributed by atoms with E-state index in [9.17, 15) is 19.2 Å². The van der Waals surface area contributed by atoms with Crippen LogP contribution in [0.3, 0.4) is 0 Å². The van der Waals surface area contributed by atoms with Crippen molar-refractivity contribution in [1.29, 1.82) is 0 Å². The summed E-state index contributed by atoms with van der Waals surface area (Å²) in [5.74, 6) is -1.61. The largest absolute Gasteiger partial charge is 0.460 e. The zero-order valence-corrected chi connectivity index (χ0v) is 12.1. The van der Waals surface area contributed by atoms with Crippen LogP contribution in [0, 0.1) is 0 Å². The molecule has 0 unspecified atom stereocenters. The van der Waals surface area contributed by atoms with E-state index in [0.717, 1.165) is 11.0 Å². The summed E-state index contributed by atoms with van der Waals surface area (Å²) in [6, 6.07) is 0. The molecule has 0 aromatic rings. The lowest BCUT2D eigenvalue weighted by molar-refractivity contribution is -0.139. The second-order valence-corrected chi connectivity index (χ2v) is 4.25. The molecule has 1 rings (SSSR count). The molecule has 1 aliphatic heterocycles. The Kier molecular flexibility index (Phi) is 7.55. The van der Waals surface area contributed by atoms with Gasteiger partial charge in [0.2, 0.25) is 5.91 Å². The molecule has 0 atom stereocenters. The summed E-state index contributed by atoms with van der Waals surface area (Å²) >= 11 is 0. The predicted octanol–water partition coefficient (Wildman–Crippen LogP) is -0.836. The normalized spacial score (nSPS) is 13.4. The standard InChI is InChI=1S/C14H18N2O6/c1-2-14(20)22-10-9-21-8-6-15-11(17)5-7-16-12(18)3-4-13(16)19/h2-4H,1,5-10H2,(H,15,17). The van der Waals surface area contributed by atoms with Gasteiger partial charge in [-0.25, -0.2) is 4.79 Å². The number of imide groups is 1. The highest BCUT2D eigenvalue weighted by Crippen LogP contribution is 2.03. The quantitative estimate of drug-likeness (QED) is 0.244. The Hall–Kier alpha value is -2.48. The van der Waals surface area contributed by atoms with E-state index in [2.05, 4.69) is 16.6 Å². The van der Waals surface area contributed by atoms with E-state index in [0.29, 0.717) is 0 Å². The molecule has 1 heterocycles. The number of hydrogen-bond acceptors (Lipinski definition) is 6. The van der Waals surface area contributed by atoms with E-state index in [-0.39, 0.29) is 45.2 Å². The lowest BCUT2D eigenvalue weighted by Gasteiger charge is -2.13. The number of rotatable bonds is 10. The van der Waals surface area contributed by atoms with Crippen molar-refractivity contribution in [2.75, 3.05) is 32.9 Å². The Bertz CT molecular complexity index is 468. The lowest BCUT2D eigenvalue weighted by atomic mass is 10.3. The number of nitrogens with one attached hydrogen (secondary N) is 1. The van der Waals surface area contributed by atoms with Crippen molar-refractivity contribution in [3.8, 4) is 0 Å². The third kappa shape index (κ3) is 6.31. The molecule has 1 aliphatic rings. The first-order chi connectivity index (χ1) is 10.5. The van der Waals surface area contributed by atoms with Crippen LogP contribution in [0.4, 0.5) is 0 Å². The molecule has 22 heavy (non-hydrogen) atoms. The summed E-state index contributed by atoms with van der Waals surface area (Å²) in [6.07, 6.45) is 3.45. The highest BCUT2D eigenvalue weighted by Gasteiger charge is 2.23. The molecular weight excluding hydrogens is 292 g/mol. The third-order valence-electron chi connectivity index (χ3n) is 2.67. The van der Waals surface area contributed by atoms with Gasteiger partial charge in [-0.05, 0) is 0 Å². The maximum Gasteiger partial charge on any atom is 0.330 e. The van der Waals surface area contributed by atoms with Crippen molar-refractivity contribution in [3.63, 3.8) is 0 Å². The molecule has 0 aromatic carbocycles. The van der Waals surface area contributed by atoms with Crippen molar-refractivity contribution in [2.24, 2.45) is 0 Å². The number of carbonyl (C=O) groups excluding carboxylic acids is 4. The average Bonchev–Trinajstić information content (AvgIpc) is 2.82. The maximum atomic E-state index is 11.5. The Morgan fingerprint density at radius 1 is 1.18 bits per heavy atom. The van der Waals surface area contributed by atoms with Gasteiger partial charge in [0.15, 0.2) is 0 Å². The van der Waals surface area contributed by atoms with E-state index in [1.54, 1.807) is 0 Å². The number of carbonyl (C=O) groups is 4. The molecule has 0 bridgehead atoms. The van der Waals surface area contributed by atoms with Gasteiger partial charge in [0.25, 0.3) is 11.8 Å². The van der Waals surface area contributed by atoms with E-state index < -0.39 is 17.8 Å². The number of amides is 3. The van der Waals surface area contributed by atoms with Gasteiger partial charge in [0, 0.05) is 37.7 Å². The van der Waals surface area contributed by atoms with Crippen LogP contribution in [0.1, 0.15) is 6.42 Å². The van der Waals surface area contributed by atoms with Crippen molar-refractivity contribution < 1.29 is 28.7 Å². The first-order valence-electron chi connectivity index (χ1n) is 6.71. The highest BCUT2D eigenvalue weighted by atomic mass is 16.6. The van der Waals surface area contributed by atoms with Gasteiger partial charge in [-0.3, -0.25) is 19.3 Å². The lowest BCUT2D eigenvalue weighted by Crippen LogP contribution is -2.35. The van der Waals surface area contributed by atoms with E-state index >= 15 is 0 Å². The van der Waals surface area contributed by atoms with Crippen molar-refractivity contribution in [2.45, 2.75) is 6.42 Å². The molecule has 120 valence electrons. The monoisotopic (exact) mass is 310 g/mol. The maximum absolute atomic E-state index is 11.5. The van der Waals surface area contributed by atoms with Crippen molar-refractivity contribution >= 4 is 23.7 Å². The van der Waals surface area contributed by atoms with Crippen LogP contribution in [0.15, 0.2) is 24.8 Å². The number of ether oxygens (including phenoxy) is 2. The summed E-state index contributed by atoms with van der Waals surface area (Å²) in [4.78, 5) is 45.7. The summed E-state index contributed by atoms with van der Waals surface area (Å²) in [6.45, 7) is 4.19. The summed E-state index contributed by atoms with van der Waals surface area (Å²) < 4.78 is 9.83. The fourth-order valence-corrected chi connectivity index (χ4v) is 1.58. The van der Waals surface area contributed by atoms with Crippen LogP contribution in [-0.2, 0) is 28.7 Å². The molecule has 8 nitrogen and oxygen atoms in total. The zero-order chi connectivity index (χ0) is 16.4. The topological polar surface area (TPSA) is 102 Å². The van der Waals surface area contributed by atoms with E-state index in [1.165, 1.54) is 12.2 Å². The highest BCUT2D eigenvalue weighted by molar-refractivity contribution is 6.13. The number of esters is 1. The molecule has 0 radical (unpaired) electrons. The minimum atomic E-state index is -0.516. The van der Waals surface area contributed by atoms with E-state index in [1.807, 2.05) is 0 Å². The van der Waals surface area contributed by atoms with Crippen LogP contribution in [0.25, 0.3) is 0 Å². The smallest absolute Gasteiger partial charge is 0.330 e. The fourth-order valence-electron chi connectivity index (χ4n) is 1.58. The molecule has 0 spiro atoms. The average molecular weight is 310 g/mol. The number of nitrogens with zero attached hydrogens (tertiary/aromatic N) is 1. The first-order valence-corrected chi connectivity index (χ1v) is 6.71. The van der Waals surface area contributed by atoms with Crippen LogP contribution in [0.2, 0.25) is 0 Å². The van der Waals surface area contributed by atoms with Crippen LogP contribution in [0.5, 0.6) is 0 Å². The van der Waals surface area contributed by atoms with Crippen molar-refractivity contribution in [1.82, 2.24) is 10.2 Å². The molecular formula is C14H18N2O6. The Labute approximate surface area is 127 Å². The van der Waals surface area contributed by atoms with Gasteiger partial charge in [-0.2, -0.15) is 0 Å². The number of hydrogen-bond donors (Lipinski definition) is 1. The molecule has 0 aromatic heterocycles. The summed E-state index contributed by atoms with van der Waals surface area (Å²) in [5.41, 5.74) is 0. The third-order valence-corrected chi connectivity index (χ3v) is 2.67. The van der Waals surface area contributed by atoms with Crippen molar-refractivity contribution in [3.05, 3.63) is 24.8 Å². The molecule has 0 saturated carbocycles. The molecule has 0 aliphatic carbocycles. The second-order valence-electron chi connectivity index (χ2n) is 4.25. The first kappa shape index (κ1) is 17.6. The molecule has 0 fully saturated rings. The van der Waals surface area contributed by atoms with Crippen LogP contribution in [-0.4, -0.2) is 61.5 Å². The van der Waals surface area contributed by atoms with Gasteiger partial charge in [-0.1, -0.05) is 6.58 Å². The SMILES string of the molecule is C=CC(=O)OCCOCCNC(=O)CCN1C(=O)C=CC1=O. The Morgan fingerprint density at radius 3 is 2.50 bits per heavy atom. The van der Waals surface area contributed by atoms with E-state index in [4.69, 9.17) is 4.74 Å². The second kappa shape index (κ2) is 9.46. The van der Waals surface area contributed by atoms with Crippen LogP contribution >= 0.6 is 0 Å². The molecule has 0 saturated heterocycles. The van der Waals surface area contributed by atoms with Gasteiger partial charge in [-0.15, -0.1) is 0 Å². The minimum Gasteiger partial charge on any atom is -0.460 e. The van der Waals surface area contributed by atoms with Crippen LogP contribution < -0.4 is 5.32 Å². The summed E-state index contributed by atoms with van der Waals surface area (Å²) in [5, 5.41) is 2.59. The van der Waals surface area contributed by atoms with Gasteiger partial charge in [0.05, 0.1) is 13.2 Å². The zero-order valence-electron chi connectivity index (χ0n) is 12.1. The molecule has 1 N–H and O–H groups in total. The van der Waals surface area contributed by atoms with Gasteiger partial charge >= 0.3 is 5.97 Å². The summed E-state index contributed by atoms with van der Waals surface area (Å²) in [7, 11) is 0. The Morgan fingerprint density at radius 2 is 1.86 bits per heavy atom. The Balaban J connectivity index is 2.00. The fraction of sp³-hybridized carbons (Fsp3) is 0.429.